The Morgan fingerprint density at radius 2 is 1.94 bits per heavy atom. The number of nitrogens with two attached hydrogens (primary N) is 1. The predicted octanol–water partition coefficient (Wildman–Crippen LogP) is 5.72. The quantitative estimate of drug-likeness (QED) is 0.237. The number of anilines is 2. The first-order chi connectivity index (χ1) is 17.1. The van der Waals surface area contributed by atoms with Crippen LogP contribution in [0.25, 0.3) is 22.3 Å². The Bertz CT molecular complexity index is 1590. The Labute approximate surface area is 207 Å². The van der Waals surface area contributed by atoms with Crippen molar-refractivity contribution in [1.82, 2.24) is 0 Å². The fraction of sp³-hybridized carbons (Fsp3) is 0.179. The Kier molecular flexibility index (Phi) is 6.61. The fourth-order valence-electron chi connectivity index (χ4n) is 4.30. The summed E-state index contributed by atoms with van der Waals surface area (Å²) in [5.41, 5.74) is 9.73. The first-order valence-corrected chi connectivity index (χ1v) is 11.3. The van der Waals surface area contributed by atoms with Crippen molar-refractivity contribution in [2.75, 3.05) is 18.1 Å². The molecule has 1 aromatic heterocycles. The number of rotatable bonds is 6. The van der Waals surface area contributed by atoms with Crippen molar-refractivity contribution < 1.29 is 18.7 Å². The third-order valence-corrected chi connectivity index (χ3v) is 6.08. The summed E-state index contributed by atoms with van der Waals surface area (Å²) >= 11 is 0. The van der Waals surface area contributed by atoms with Gasteiger partial charge in [-0.05, 0) is 62.7 Å². The molecule has 4 N–H and O–H groups in total. The molecule has 3 aromatic carbocycles. The molecule has 36 heavy (non-hydrogen) atoms. The number of carboxylic acids is 1. The number of aromatic carboxylic acids is 1. The number of nitrogens with zero attached hydrogens (tertiary/aromatic N) is 1. The van der Waals surface area contributed by atoms with Crippen LogP contribution in [-0.4, -0.2) is 24.3 Å². The Morgan fingerprint density at radius 1 is 1.19 bits per heavy atom. The molecular formula is C28H26FN3O4. The Balaban J connectivity index is 1.91. The average molecular weight is 488 g/mol. The van der Waals surface area contributed by atoms with E-state index >= 15 is 0 Å². The van der Waals surface area contributed by atoms with Crippen molar-refractivity contribution in [2.24, 2.45) is 4.99 Å². The van der Waals surface area contributed by atoms with Crippen LogP contribution in [0.2, 0.25) is 0 Å². The second-order valence-electron chi connectivity index (χ2n) is 8.68. The van der Waals surface area contributed by atoms with Crippen molar-refractivity contribution in [3.63, 3.8) is 0 Å². The minimum atomic E-state index is -1.38. The average Bonchev–Trinajstić information content (AvgIpc) is 2.82. The van der Waals surface area contributed by atoms with Crippen molar-refractivity contribution in [1.29, 1.82) is 0 Å². The summed E-state index contributed by atoms with van der Waals surface area (Å²) in [6.45, 7) is 5.36. The number of nitrogen functional groups attached to an aromatic ring is 1. The maximum atomic E-state index is 14.2. The van der Waals surface area contributed by atoms with E-state index < -0.39 is 23.4 Å². The summed E-state index contributed by atoms with van der Waals surface area (Å²) in [6.07, 6.45) is 1.63. The highest BCUT2D eigenvalue weighted by Crippen LogP contribution is 2.33. The van der Waals surface area contributed by atoms with Gasteiger partial charge in [-0.25, -0.2) is 9.18 Å². The lowest BCUT2D eigenvalue weighted by molar-refractivity contribution is 0.0693. The molecule has 184 valence electrons. The molecule has 0 unspecified atom stereocenters. The maximum absolute atomic E-state index is 14.2. The van der Waals surface area contributed by atoms with Crippen LogP contribution < -0.4 is 16.5 Å². The van der Waals surface area contributed by atoms with Crippen molar-refractivity contribution in [3.8, 4) is 11.3 Å². The van der Waals surface area contributed by atoms with Gasteiger partial charge >= 0.3 is 5.97 Å². The summed E-state index contributed by atoms with van der Waals surface area (Å²) in [5, 5.41) is 13.0. The van der Waals surface area contributed by atoms with Gasteiger partial charge in [0.2, 0.25) is 0 Å². The highest BCUT2D eigenvalue weighted by Gasteiger charge is 2.22. The summed E-state index contributed by atoms with van der Waals surface area (Å²) in [5.74, 6) is -1.82. The van der Waals surface area contributed by atoms with Gasteiger partial charge in [0.05, 0.1) is 17.1 Å². The maximum Gasteiger partial charge on any atom is 0.340 e. The molecule has 0 spiro atoms. The predicted molar refractivity (Wildman–Crippen MR) is 141 cm³/mol. The van der Waals surface area contributed by atoms with Crippen molar-refractivity contribution in [3.05, 3.63) is 92.4 Å². The highest BCUT2D eigenvalue weighted by molar-refractivity contribution is 5.95. The minimum absolute atomic E-state index is 0.126. The second kappa shape index (κ2) is 9.65. The Hall–Kier alpha value is -4.46. The van der Waals surface area contributed by atoms with Gasteiger partial charge < -0.3 is 20.6 Å². The van der Waals surface area contributed by atoms with Crippen LogP contribution in [0.5, 0.6) is 0 Å². The normalized spacial score (nSPS) is 12.2. The summed E-state index contributed by atoms with van der Waals surface area (Å²) in [7, 11) is 1.64. The molecule has 0 aliphatic heterocycles. The van der Waals surface area contributed by atoms with E-state index in [0.717, 1.165) is 11.6 Å². The summed E-state index contributed by atoms with van der Waals surface area (Å²) in [6, 6.07) is 12.5. The Morgan fingerprint density at radius 3 is 2.64 bits per heavy atom. The third kappa shape index (κ3) is 4.45. The number of benzene rings is 3. The number of carbonyl (C=O) groups is 1. The molecule has 0 saturated heterocycles. The van der Waals surface area contributed by atoms with E-state index in [0.29, 0.717) is 44.7 Å². The summed E-state index contributed by atoms with van der Waals surface area (Å²) in [4.78, 5) is 29.1. The number of hydrogen-bond acceptors (Lipinski definition) is 6. The highest BCUT2D eigenvalue weighted by atomic mass is 19.1. The molecular weight excluding hydrogens is 461 g/mol. The molecule has 7 nitrogen and oxygen atoms in total. The van der Waals surface area contributed by atoms with Crippen LogP contribution in [0.15, 0.2) is 62.7 Å². The van der Waals surface area contributed by atoms with Crippen LogP contribution in [-0.2, 0) is 0 Å². The monoisotopic (exact) mass is 487 g/mol. The van der Waals surface area contributed by atoms with Gasteiger partial charge in [-0.15, -0.1) is 0 Å². The lowest BCUT2D eigenvalue weighted by Crippen LogP contribution is -2.14. The van der Waals surface area contributed by atoms with Crippen LogP contribution >= 0.6 is 0 Å². The van der Waals surface area contributed by atoms with Gasteiger partial charge in [0.15, 0.2) is 5.43 Å². The number of halogens is 1. The van der Waals surface area contributed by atoms with Gasteiger partial charge in [0.1, 0.15) is 22.7 Å². The molecule has 0 fully saturated rings. The first-order valence-electron chi connectivity index (χ1n) is 11.3. The SMILES string of the molecule is CN=Cc1cc(-c2oc3c([C@@H](C)Nc4cccc(F)c4C(=O)O)cc(C)cc3c(=O)c2C)ccc1N. The molecule has 0 radical (unpaired) electrons. The lowest BCUT2D eigenvalue weighted by Gasteiger charge is -2.20. The van der Waals surface area contributed by atoms with E-state index in [-0.39, 0.29) is 11.1 Å². The van der Waals surface area contributed by atoms with Crippen molar-refractivity contribution in [2.45, 2.75) is 26.8 Å². The molecule has 0 aliphatic rings. The van der Waals surface area contributed by atoms with E-state index in [1.807, 2.05) is 13.0 Å². The molecule has 1 atom stereocenters. The zero-order chi connectivity index (χ0) is 26.1. The van der Waals surface area contributed by atoms with Crippen LogP contribution in [0.1, 0.15) is 45.6 Å². The summed E-state index contributed by atoms with van der Waals surface area (Å²) < 4.78 is 20.6. The van der Waals surface area contributed by atoms with Gasteiger partial charge in [-0.2, -0.15) is 0 Å². The first kappa shape index (κ1) is 24.7. The van der Waals surface area contributed by atoms with E-state index in [4.69, 9.17) is 10.2 Å². The number of nitrogens with one attached hydrogen (secondary N) is 1. The number of hydrogen-bond donors (Lipinski definition) is 3. The van der Waals surface area contributed by atoms with Gasteiger partial charge in [0, 0.05) is 41.2 Å². The molecule has 1 heterocycles. The molecule has 4 aromatic rings. The van der Waals surface area contributed by atoms with Crippen molar-refractivity contribution >= 4 is 34.5 Å². The standard InChI is InChI=1S/C28H26FN3O4/c1-14-10-19(16(3)32-23-7-5-6-21(29)24(23)28(34)35)27-20(11-14)25(33)15(2)26(36-27)17-8-9-22(30)18(12-17)13-31-4/h5-13,16,32H,30H2,1-4H3,(H,34,35)/t16-/m1/s1. The van der Waals surface area contributed by atoms with E-state index in [1.54, 1.807) is 51.4 Å². The van der Waals surface area contributed by atoms with E-state index in [2.05, 4.69) is 10.3 Å². The zero-order valence-electron chi connectivity index (χ0n) is 20.3. The minimum Gasteiger partial charge on any atom is -0.478 e. The zero-order valence-corrected chi connectivity index (χ0v) is 20.3. The largest absolute Gasteiger partial charge is 0.478 e. The van der Waals surface area contributed by atoms with Crippen LogP contribution in [0.3, 0.4) is 0 Å². The molecule has 4 rings (SSSR count). The van der Waals surface area contributed by atoms with Crippen LogP contribution in [0, 0.1) is 19.7 Å². The van der Waals surface area contributed by atoms with Gasteiger partial charge in [0.25, 0.3) is 0 Å². The lowest BCUT2D eigenvalue weighted by atomic mass is 9.98. The molecule has 0 aliphatic carbocycles. The van der Waals surface area contributed by atoms with Crippen LogP contribution in [0.4, 0.5) is 15.8 Å². The number of aryl methyl sites for hydroxylation is 1. The number of aliphatic imine (C=N–C) groups is 1. The fourth-order valence-corrected chi connectivity index (χ4v) is 4.30. The number of fused-ring (bicyclic) bond motifs is 1. The smallest absolute Gasteiger partial charge is 0.340 e. The molecule has 0 amide bonds. The third-order valence-electron chi connectivity index (χ3n) is 6.08. The molecule has 0 saturated carbocycles. The van der Waals surface area contributed by atoms with Gasteiger partial charge in [-0.3, -0.25) is 9.79 Å². The van der Waals surface area contributed by atoms with E-state index in [1.165, 1.54) is 12.1 Å². The number of carboxylic acid groups (broad SMARTS) is 1. The van der Waals surface area contributed by atoms with E-state index in [9.17, 15) is 19.1 Å². The second-order valence-corrected chi connectivity index (χ2v) is 8.68. The molecule has 8 heteroatoms. The topological polar surface area (TPSA) is 118 Å². The molecule has 0 bridgehead atoms. The van der Waals surface area contributed by atoms with Gasteiger partial charge in [-0.1, -0.05) is 12.1 Å².